The molecule has 0 heterocycles. The second-order valence-electron chi connectivity index (χ2n) is 3.66. The Morgan fingerprint density at radius 1 is 1.44 bits per heavy atom. The number of aliphatic hydroxyl groups is 1. The van der Waals surface area contributed by atoms with Crippen molar-refractivity contribution in [3.63, 3.8) is 0 Å². The second-order valence-corrected chi connectivity index (χ2v) is 3.66. The highest BCUT2D eigenvalue weighted by molar-refractivity contribution is 5.40. The number of hydrogen-bond acceptors (Lipinski definition) is 4. The monoisotopic (exact) mass is 225 g/mol. The average molecular weight is 225 g/mol. The Hall–Kier alpha value is -1.26. The van der Waals surface area contributed by atoms with Crippen LogP contribution in [-0.4, -0.2) is 24.9 Å². The molecule has 0 bridgehead atoms. The largest absolute Gasteiger partial charge is 0.497 e. The minimum Gasteiger partial charge on any atom is -0.497 e. The van der Waals surface area contributed by atoms with Gasteiger partial charge in [-0.15, -0.1) is 0 Å². The molecule has 3 N–H and O–H groups in total. The first kappa shape index (κ1) is 12.8. The first-order chi connectivity index (χ1) is 7.67. The van der Waals surface area contributed by atoms with Gasteiger partial charge >= 0.3 is 0 Å². The SMILES string of the molecule is COc1ccc(OCCC(C)O)c(CN)c1. The van der Waals surface area contributed by atoms with E-state index in [0.29, 0.717) is 19.6 Å². The summed E-state index contributed by atoms with van der Waals surface area (Å²) in [6, 6.07) is 5.53. The molecule has 0 radical (unpaired) electrons. The molecular weight excluding hydrogens is 206 g/mol. The summed E-state index contributed by atoms with van der Waals surface area (Å²) >= 11 is 0. The van der Waals surface area contributed by atoms with Crippen molar-refractivity contribution in [3.05, 3.63) is 23.8 Å². The number of ether oxygens (including phenoxy) is 2. The fourth-order valence-electron chi connectivity index (χ4n) is 1.32. The van der Waals surface area contributed by atoms with Crippen molar-refractivity contribution >= 4 is 0 Å². The van der Waals surface area contributed by atoms with Gasteiger partial charge < -0.3 is 20.3 Å². The van der Waals surface area contributed by atoms with Crippen molar-refractivity contribution in [2.75, 3.05) is 13.7 Å². The Morgan fingerprint density at radius 3 is 2.75 bits per heavy atom. The minimum absolute atomic E-state index is 0.348. The molecular formula is C12H19NO3. The molecule has 1 unspecified atom stereocenters. The van der Waals surface area contributed by atoms with E-state index in [1.807, 2.05) is 18.2 Å². The number of hydrogen-bond donors (Lipinski definition) is 2. The maximum Gasteiger partial charge on any atom is 0.124 e. The van der Waals surface area contributed by atoms with Gasteiger partial charge in [0.15, 0.2) is 0 Å². The van der Waals surface area contributed by atoms with Gasteiger partial charge in [-0.05, 0) is 25.1 Å². The Balaban J connectivity index is 2.64. The first-order valence-corrected chi connectivity index (χ1v) is 5.35. The predicted octanol–water partition coefficient (Wildman–Crippen LogP) is 1.30. The third kappa shape index (κ3) is 3.72. The molecule has 0 aromatic heterocycles. The summed E-state index contributed by atoms with van der Waals surface area (Å²) in [4.78, 5) is 0. The smallest absolute Gasteiger partial charge is 0.124 e. The molecule has 1 aromatic rings. The summed E-state index contributed by atoms with van der Waals surface area (Å²) in [7, 11) is 1.61. The zero-order valence-electron chi connectivity index (χ0n) is 9.77. The van der Waals surface area contributed by atoms with Crippen LogP contribution in [0.3, 0.4) is 0 Å². The normalized spacial score (nSPS) is 12.2. The van der Waals surface area contributed by atoms with Crippen LogP contribution in [0.5, 0.6) is 11.5 Å². The van der Waals surface area contributed by atoms with Gasteiger partial charge in [-0.1, -0.05) is 0 Å². The molecule has 0 saturated carbocycles. The molecule has 0 spiro atoms. The Kier molecular flexibility index (Phi) is 5.08. The van der Waals surface area contributed by atoms with Gasteiger partial charge in [-0.3, -0.25) is 0 Å². The van der Waals surface area contributed by atoms with E-state index in [9.17, 15) is 0 Å². The highest BCUT2D eigenvalue weighted by Gasteiger charge is 2.05. The van der Waals surface area contributed by atoms with E-state index in [0.717, 1.165) is 17.1 Å². The van der Waals surface area contributed by atoms with Crippen molar-refractivity contribution in [1.29, 1.82) is 0 Å². The highest BCUT2D eigenvalue weighted by atomic mass is 16.5. The quantitative estimate of drug-likeness (QED) is 0.766. The molecule has 0 saturated heterocycles. The van der Waals surface area contributed by atoms with E-state index in [1.165, 1.54) is 0 Å². The van der Waals surface area contributed by atoms with E-state index >= 15 is 0 Å². The van der Waals surface area contributed by atoms with Crippen molar-refractivity contribution in [2.24, 2.45) is 5.73 Å². The predicted molar refractivity (Wildman–Crippen MR) is 62.7 cm³/mol. The molecule has 1 aromatic carbocycles. The van der Waals surface area contributed by atoms with Crippen molar-refractivity contribution in [3.8, 4) is 11.5 Å². The lowest BCUT2D eigenvalue weighted by Crippen LogP contribution is -2.09. The van der Waals surface area contributed by atoms with Crippen molar-refractivity contribution < 1.29 is 14.6 Å². The third-order valence-electron chi connectivity index (χ3n) is 2.28. The summed E-state index contributed by atoms with van der Waals surface area (Å²) in [5.74, 6) is 1.52. The van der Waals surface area contributed by atoms with Gasteiger partial charge in [-0.25, -0.2) is 0 Å². The summed E-state index contributed by atoms with van der Waals surface area (Å²) in [5.41, 5.74) is 6.53. The van der Waals surface area contributed by atoms with E-state index in [4.69, 9.17) is 20.3 Å². The van der Waals surface area contributed by atoms with Gasteiger partial charge in [0, 0.05) is 18.5 Å². The zero-order chi connectivity index (χ0) is 12.0. The summed E-state index contributed by atoms with van der Waals surface area (Å²) in [6.45, 7) is 2.62. The molecule has 0 aliphatic carbocycles. The molecule has 0 aliphatic heterocycles. The number of nitrogens with two attached hydrogens (primary N) is 1. The minimum atomic E-state index is -0.348. The van der Waals surface area contributed by atoms with Crippen LogP contribution in [0.4, 0.5) is 0 Å². The van der Waals surface area contributed by atoms with Crippen LogP contribution in [0.25, 0.3) is 0 Å². The number of rotatable bonds is 6. The van der Waals surface area contributed by atoms with Crippen LogP contribution in [0.2, 0.25) is 0 Å². The molecule has 0 aliphatic rings. The Morgan fingerprint density at radius 2 is 2.19 bits per heavy atom. The Labute approximate surface area is 96.0 Å². The van der Waals surface area contributed by atoms with Crippen LogP contribution in [0.1, 0.15) is 18.9 Å². The molecule has 4 nitrogen and oxygen atoms in total. The molecule has 1 rings (SSSR count). The summed E-state index contributed by atoms with van der Waals surface area (Å²) < 4.78 is 10.6. The van der Waals surface area contributed by atoms with E-state index in [2.05, 4.69) is 0 Å². The fraction of sp³-hybridized carbons (Fsp3) is 0.500. The molecule has 1 atom stereocenters. The van der Waals surface area contributed by atoms with Crippen LogP contribution in [0.15, 0.2) is 18.2 Å². The summed E-state index contributed by atoms with van der Waals surface area (Å²) in [6.07, 6.45) is 0.260. The molecule has 0 amide bonds. The zero-order valence-corrected chi connectivity index (χ0v) is 9.77. The topological polar surface area (TPSA) is 64.7 Å². The fourth-order valence-corrected chi connectivity index (χ4v) is 1.32. The Bertz CT molecular complexity index is 326. The molecule has 0 fully saturated rings. The molecule has 4 heteroatoms. The first-order valence-electron chi connectivity index (χ1n) is 5.35. The van der Waals surface area contributed by atoms with Gasteiger partial charge in [0.05, 0.1) is 19.8 Å². The van der Waals surface area contributed by atoms with Gasteiger partial charge in [0.1, 0.15) is 11.5 Å². The van der Waals surface area contributed by atoms with E-state index in [1.54, 1.807) is 14.0 Å². The van der Waals surface area contributed by atoms with E-state index < -0.39 is 0 Å². The average Bonchev–Trinajstić information content (AvgIpc) is 2.29. The van der Waals surface area contributed by atoms with Crippen LogP contribution in [0, 0.1) is 0 Å². The lowest BCUT2D eigenvalue weighted by Gasteiger charge is -2.12. The van der Waals surface area contributed by atoms with Crippen LogP contribution >= 0.6 is 0 Å². The molecule has 16 heavy (non-hydrogen) atoms. The maximum atomic E-state index is 9.11. The second kappa shape index (κ2) is 6.35. The van der Waals surface area contributed by atoms with E-state index in [-0.39, 0.29) is 6.10 Å². The standard InChI is InChI=1S/C12H19NO3/c1-9(14)5-6-16-12-4-3-11(15-2)7-10(12)8-13/h3-4,7,9,14H,5-6,8,13H2,1-2H3. The lowest BCUT2D eigenvalue weighted by molar-refractivity contribution is 0.155. The highest BCUT2D eigenvalue weighted by Crippen LogP contribution is 2.23. The number of aliphatic hydroxyl groups excluding tert-OH is 1. The van der Waals surface area contributed by atoms with Crippen LogP contribution < -0.4 is 15.2 Å². The van der Waals surface area contributed by atoms with Gasteiger partial charge in [-0.2, -0.15) is 0 Å². The molecule has 90 valence electrons. The number of benzene rings is 1. The maximum absolute atomic E-state index is 9.11. The van der Waals surface area contributed by atoms with Crippen molar-refractivity contribution in [1.82, 2.24) is 0 Å². The third-order valence-corrected chi connectivity index (χ3v) is 2.28. The summed E-state index contributed by atoms with van der Waals surface area (Å²) in [5, 5.41) is 9.11. The van der Waals surface area contributed by atoms with Gasteiger partial charge in [0.2, 0.25) is 0 Å². The number of methoxy groups -OCH3 is 1. The van der Waals surface area contributed by atoms with Crippen molar-refractivity contribution in [2.45, 2.75) is 26.0 Å². The van der Waals surface area contributed by atoms with Gasteiger partial charge in [0.25, 0.3) is 0 Å². The lowest BCUT2D eigenvalue weighted by atomic mass is 10.2. The van der Waals surface area contributed by atoms with Crippen LogP contribution in [-0.2, 0) is 6.54 Å².